The Labute approximate surface area is 230 Å². The fourth-order valence-corrected chi connectivity index (χ4v) is 5.51. The Balaban J connectivity index is 1.25. The quantitative estimate of drug-likeness (QED) is 0.207. The molecule has 0 unspecified atom stereocenters. The Morgan fingerprint density at radius 2 is 1.95 bits per heavy atom. The predicted molar refractivity (Wildman–Crippen MR) is 150 cm³/mol. The standard InChI is InChI=1S/C29H31FN4O4S/c1-36-14-13-31-17-19-7-9-23(33-18-19)27-16-24-28(39-27)26(11-12-32-24)38-25-10-8-20(15-22(25)30)34-29(35)37-21-5-3-2-4-6-21/h7-12,15-16,18,21,31H,2-6,13-14,17H2,1H3,(H,34,35). The molecule has 39 heavy (non-hydrogen) atoms. The maximum atomic E-state index is 14.9. The van der Waals surface area contributed by atoms with Crippen LogP contribution < -0.4 is 15.4 Å². The summed E-state index contributed by atoms with van der Waals surface area (Å²) in [6, 6.07) is 12.0. The predicted octanol–water partition coefficient (Wildman–Crippen LogP) is 6.91. The number of aromatic nitrogens is 2. The monoisotopic (exact) mass is 550 g/mol. The van der Waals surface area contributed by atoms with Gasteiger partial charge < -0.3 is 19.5 Å². The number of carbonyl (C=O) groups excluding carboxylic acids is 1. The summed E-state index contributed by atoms with van der Waals surface area (Å²) < 4.78 is 32.2. The van der Waals surface area contributed by atoms with Gasteiger partial charge in [0.1, 0.15) is 11.9 Å². The zero-order chi connectivity index (χ0) is 27.0. The third-order valence-corrected chi connectivity index (χ3v) is 7.65. The Morgan fingerprint density at radius 3 is 2.72 bits per heavy atom. The van der Waals surface area contributed by atoms with E-state index in [0.717, 1.165) is 58.6 Å². The van der Waals surface area contributed by atoms with Gasteiger partial charge >= 0.3 is 6.09 Å². The van der Waals surface area contributed by atoms with Crippen LogP contribution in [0, 0.1) is 5.82 Å². The van der Waals surface area contributed by atoms with Crippen molar-refractivity contribution in [2.45, 2.75) is 44.8 Å². The summed E-state index contributed by atoms with van der Waals surface area (Å²) in [6.07, 6.45) is 7.86. The number of carbonyl (C=O) groups is 1. The summed E-state index contributed by atoms with van der Waals surface area (Å²) in [5, 5.41) is 5.91. The normalized spacial score (nSPS) is 13.9. The Kier molecular flexibility index (Phi) is 8.97. The highest BCUT2D eigenvalue weighted by atomic mass is 32.1. The van der Waals surface area contributed by atoms with Crippen molar-refractivity contribution in [3.8, 4) is 22.1 Å². The molecule has 8 nitrogen and oxygen atoms in total. The SMILES string of the molecule is COCCNCc1ccc(-c2cc3nccc(Oc4ccc(NC(=O)OC5CCCCC5)cc4F)c3s2)nc1. The van der Waals surface area contributed by atoms with E-state index in [1.54, 1.807) is 25.4 Å². The molecule has 2 N–H and O–H groups in total. The van der Waals surface area contributed by atoms with E-state index in [4.69, 9.17) is 14.2 Å². The fourth-order valence-electron chi connectivity index (χ4n) is 4.46. The molecule has 4 aromatic rings. The zero-order valence-electron chi connectivity index (χ0n) is 21.7. The first kappa shape index (κ1) is 27.0. The van der Waals surface area contributed by atoms with Crippen LogP contribution >= 0.6 is 11.3 Å². The van der Waals surface area contributed by atoms with Gasteiger partial charge in [-0.05, 0) is 55.5 Å². The summed E-state index contributed by atoms with van der Waals surface area (Å²) in [5.74, 6) is -0.0535. The van der Waals surface area contributed by atoms with E-state index in [2.05, 4.69) is 20.6 Å². The summed E-state index contributed by atoms with van der Waals surface area (Å²) >= 11 is 1.48. The van der Waals surface area contributed by atoms with E-state index >= 15 is 0 Å². The molecule has 10 heteroatoms. The van der Waals surface area contributed by atoms with Crippen LogP contribution in [0.1, 0.15) is 37.7 Å². The first-order chi connectivity index (χ1) is 19.1. The maximum absolute atomic E-state index is 14.9. The fraction of sp³-hybridized carbons (Fsp3) is 0.345. The van der Waals surface area contributed by atoms with Gasteiger partial charge in [0, 0.05) is 50.4 Å². The van der Waals surface area contributed by atoms with Crippen LogP contribution in [-0.4, -0.2) is 42.4 Å². The zero-order valence-corrected chi connectivity index (χ0v) is 22.6. The van der Waals surface area contributed by atoms with Crippen LogP contribution in [0.3, 0.4) is 0 Å². The number of amides is 1. The molecule has 0 bridgehead atoms. The Bertz CT molecular complexity index is 1410. The lowest BCUT2D eigenvalue weighted by atomic mass is 9.98. The molecule has 0 aliphatic heterocycles. The number of nitrogens with zero attached hydrogens (tertiary/aromatic N) is 2. The molecule has 0 atom stereocenters. The van der Waals surface area contributed by atoms with E-state index in [0.29, 0.717) is 24.6 Å². The highest BCUT2D eigenvalue weighted by Crippen LogP contribution is 2.39. The van der Waals surface area contributed by atoms with Crippen molar-refractivity contribution in [3.05, 3.63) is 66.2 Å². The van der Waals surface area contributed by atoms with Crippen molar-refractivity contribution in [2.75, 3.05) is 25.6 Å². The Morgan fingerprint density at radius 1 is 1.08 bits per heavy atom. The largest absolute Gasteiger partial charge is 0.453 e. The van der Waals surface area contributed by atoms with Gasteiger partial charge in [0.2, 0.25) is 0 Å². The van der Waals surface area contributed by atoms with Crippen LogP contribution in [0.4, 0.5) is 14.9 Å². The second-order valence-corrected chi connectivity index (χ2v) is 10.4. The minimum Gasteiger partial charge on any atom is -0.453 e. The van der Waals surface area contributed by atoms with Gasteiger partial charge in [0.25, 0.3) is 0 Å². The van der Waals surface area contributed by atoms with Gasteiger partial charge in [-0.3, -0.25) is 15.3 Å². The number of pyridine rings is 2. The molecule has 204 valence electrons. The topological polar surface area (TPSA) is 94.6 Å². The Hall–Kier alpha value is -3.60. The van der Waals surface area contributed by atoms with Crippen molar-refractivity contribution >= 4 is 33.3 Å². The second-order valence-electron chi connectivity index (χ2n) is 9.39. The lowest BCUT2D eigenvalue weighted by molar-refractivity contribution is 0.0865. The molecular weight excluding hydrogens is 519 g/mol. The lowest BCUT2D eigenvalue weighted by Gasteiger charge is -2.21. The van der Waals surface area contributed by atoms with Gasteiger partial charge in [-0.2, -0.15) is 0 Å². The molecule has 0 radical (unpaired) electrons. The van der Waals surface area contributed by atoms with Gasteiger partial charge in [-0.25, -0.2) is 9.18 Å². The summed E-state index contributed by atoms with van der Waals surface area (Å²) in [7, 11) is 1.68. The third-order valence-electron chi connectivity index (χ3n) is 6.49. The number of nitrogens with one attached hydrogen (secondary N) is 2. The van der Waals surface area contributed by atoms with E-state index in [-0.39, 0.29) is 11.9 Å². The molecule has 0 saturated heterocycles. The minimum atomic E-state index is -0.594. The first-order valence-corrected chi connectivity index (χ1v) is 13.9. The van der Waals surface area contributed by atoms with Gasteiger partial charge in [-0.15, -0.1) is 11.3 Å². The van der Waals surface area contributed by atoms with Gasteiger partial charge in [0.15, 0.2) is 11.6 Å². The maximum Gasteiger partial charge on any atom is 0.411 e. The average Bonchev–Trinajstić information content (AvgIpc) is 3.39. The number of anilines is 1. The molecule has 1 aliphatic rings. The molecule has 1 saturated carbocycles. The number of rotatable bonds is 10. The number of hydrogen-bond acceptors (Lipinski definition) is 8. The van der Waals surface area contributed by atoms with Crippen molar-refractivity contribution in [2.24, 2.45) is 0 Å². The number of fused-ring (bicyclic) bond motifs is 1. The molecule has 1 amide bonds. The summed E-state index contributed by atoms with van der Waals surface area (Å²) in [6.45, 7) is 2.14. The molecule has 1 aromatic carbocycles. The number of benzene rings is 1. The molecular formula is C29H31FN4O4S. The van der Waals surface area contributed by atoms with Crippen molar-refractivity contribution in [1.82, 2.24) is 15.3 Å². The van der Waals surface area contributed by atoms with Crippen LogP contribution in [0.2, 0.25) is 0 Å². The van der Waals surface area contributed by atoms with E-state index in [9.17, 15) is 9.18 Å². The van der Waals surface area contributed by atoms with Gasteiger partial charge in [-0.1, -0.05) is 12.5 Å². The average molecular weight is 551 g/mol. The molecule has 3 heterocycles. The summed E-state index contributed by atoms with van der Waals surface area (Å²) in [4.78, 5) is 22.2. The lowest BCUT2D eigenvalue weighted by Crippen LogP contribution is -2.24. The smallest absolute Gasteiger partial charge is 0.411 e. The van der Waals surface area contributed by atoms with Gasteiger partial charge in [0.05, 0.1) is 27.4 Å². The number of hydrogen-bond donors (Lipinski definition) is 2. The van der Waals surface area contributed by atoms with E-state index in [1.807, 2.05) is 24.4 Å². The number of halogens is 1. The number of methoxy groups -OCH3 is 1. The number of thiophene rings is 1. The van der Waals surface area contributed by atoms with E-state index in [1.165, 1.54) is 29.9 Å². The molecule has 3 aromatic heterocycles. The van der Waals surface area contributed by atoms with Crippen molar-refractivity contribution < 1.29 is 23.4 Å². The molecule has 5 rings (SSSR count). The molecule has 0 spiro atoms. The molecule has 1 aliphatic carbocycles. The van der Waals surface area contributed by atoms with Crippen molar-refractivity contribution in [3.63, 3.8) is 0 Å². The van der Waals surface area contributed by atoms with Crippen LogP contribution in [-0.2, 0) is 16.0 Å². The van der Waals surface area contributed by atoms with Crippen LogP contribution in [0.25, 0.3) is 20.8 Å². The first-order valence-electron chi connectivity index (χ1n) is 13.1. The van der Waals surface area contributed by atoms with Crippen molar-refractivity contribution in [1.29, 1.82) is 0 Å². The minimum absolute atomic E-state index is 0.0482. The highest BCUT2D eigenvalue weighted by Gasteiger charge is 2.18. The molecule has 1 fully saturated rings. The number of ether oxygens (including phenoxy) is 3. The summed E-state index contributed by atoms with van der Waals surface area (Å²) in [5.41, 5.74) is 2.95. The van der Waals surface area contributed by atoms with Crippen LogP contribution in [0.15, 0.2) is 54.9 Å². The second kappa shape index (κ2) is 13.0. The highest BCUT2D eigenvalue weighted by molar-refractivity contribution is 7.22. The van der Waals surface area contributed by atoms with Crippen LogP contribution in [0.5, 0.6) is 11.5 Å². The van der Waals surface area contributed by atoms with E-state index < -0.39 is 11.9 Å². The third kappa shape index (κ3) is 7.08.